The first-order valence-corrected chi connectivity index (χ1v) is 8.46. The van der Waals surface area contributed by atoms with Crippen LogP contribution >= 0.6 is 11.6 Å². The van der Waals surface area contributed by atoms with Gasteiger partial charge in [-0.15, -0.1) is 0 Å². The molecule has 0 saturated heterocycles. The minimum absolute atomic E-state index is 0.0632. The van der Waals surface area contributed by atoms with E-state index in [1.807, 2.05) is 12.1 Å². The quantitative estimate of drug-likeness (QED) is 0.575. The summed E-state index contributed by atoms with van der Waals surface area (Å²) in [5, 5.41) is 6.44. The highest BCUT2D eigenvalue weighted by Gasteiger charge is 2.33. The van der Waals surface area contributed by atoms with Gasteiger partial charge in [0.2, 0.25) is 5.95 Å². The van der Waals surface area contributed by atoms with Gasteiger partial charge in [0.25, 0.3) is 0 Å². The van der Waals surface area contributed by atoms with Crippen molar-refractivity contribution in [2.24, 2.45) is 0 Å². The highest BCUT2D eigenvalue weighted by molar-refractivity contribution is 6.30. The zero-order valence-corrected chi connectivity index (χ0v) is 15.1. The molecule has 140 valence electrons. The summed E-state index contributed by atoms with van der Waals surface area (Å²) >= 11 is 5.86. The molecule has 0 unspecified atom stereocenters. The number of anilines is 3. The third-order valence-electron chi connectivity index (χ3n) is 3.71. The summed E-state index contributed by atoms with van der Waals surface area (Å²) in [5.41, 5.74) is 0.778. The van der Waals surface area contributed by atoms with E-state index >= 15 is 0 Å². The van der Waals surface area contributed by atoms with E-state index in [-0.39, 0.29) is 11.5 Å². The average Bonchev–Trinajstić information content (AvgIpc) is 2.60. The Morgan fingerprint density at radius 1 is 1.00 bits per heavy atom. The molecule has 8 heteroatoms. The van der Waals surface area contributed by atoms with Crippen LogP contribution in [-0.4, -0.2) is 9.97 Å². The number of nitrogens with zero attached hydrogens (tertiary/aromatic N) is 2. The van der Waals surface area contributed by atoms with Crippen molar-refractivity contribution in [3.8, 4) is 0 Å². The topological polar surface area (TPSA) is 49.8 Å². The van der Waals surface area contributed by atoms with Crippen LogP contribution in [-0.2, 0) is 12.7 Å². The molecule has 0 spiro atoms. The van der Waals surface area contributed by atoms with Gasteiger partial charge in [0.15, 0.2) is 0 Å². The Morgan fingerprint density at radius 3 is 2.41 bits per heavy atom. The second-order valence-corrected chi connectivity index (χ2v) is 6.30. The molecule has 3 aromatic rings. The van der Waals surface area contributed by atoms with Crippen LogP contribution in [0.25, 0.3) is 0 Å². The normalized spacial score (nSPS) is 11.3. The smallest absolute Gasteiger partial charge is 0.350 e. The lowest BCUT2D eigenvalue weighted by Gasteiger charge is -2.15. The average molecular weight is 393 g/mol. The monoisotopic (exact) mass is 392 g/mol. The van der Waals surface area contributed by atoms with Gasteiger partial charge in [-0.3, -0.25) is 0 Å². The molecule has 1 heterocycles. The number of halogens is 4. The van der Waals surface area contributed by atoms with Crippen LogP contribution in [0.15, 0.2) is 54.6 Å². The highest BCUT2D eigenvalue weighted by Crippen LogP contribution is 2.35. The number of alkyl halides is 3. The summed E-state index contributed by atoms with van der Waals surface area (Å²) in [6.07, 6.45) is -4.46. The summed E-state index contributed by atoms with van der Waals surface area (Å²) in [7, 11) is 0. The Bertz CT molecular complexity index is 927. The number of aryl methyl sites for hydroxylation is 1. The first-order chi connectivity index (χ1) is 12.8. The van der Waals surface area contributed by atoms with E-state index in [1.165, 1.54) is 18.2 Å². The molecule has 0 aliphatic rings. The van der Waals surface area contributed by atoms with E-state index in [0.29, 0.717) is 23.2 Å². The summed E-state index contributed by atoms with van der Waals surface area (Å²) < 4.78 is 39.5. The number of nitrogens with one attached hydrogen (secondary N) is 2. The summed E-state index contributed by atoms with van der Waals surface area (Å²) in [4.78, 5) is 8.53. The minimum Gasteiger partial charge on any atom is -0.350 e. The van der Waals surface area contributed by atoms with Gasteiger partial charge in [-0.05, 0) is 36.8 Å². The SMILES string of the molecule is Cc1cc(Nc2ccccc2C(F)(F)F)nc(NCc2ccc(Cl)cc2)n1. The fraction of sp³-hybridized carbons (Fsp3) is 0.158. The Morgan fingerprint density at radius 2 is 1.70 bits per heavy atom. The van der Waals surface area contributed by atoms with E-state index < -0.39 is 11.7 Å². The van der Waals surface area contributed by atoms with Crippen LogP contribution in [0.5, 0.6) is 0 Å². The number of para-hydroxylation sites is 1. The van der Waals surface area contributed by atoms with Gasteiger partial charge in [-0.2, -0.15) is 18.2 Å². The predicted octanol–water partition coefficient (Wildman–Crippen LogP) is 5.81. The number of rotatable bonds is 5. The van der Waals surface area contributed by atoms with Gasteiger partial charge in [-0.25, -0.2) is 4.98 Å². The Labute approximate surface area is 159 Å². The van der Waals surface area contributed by atoms with Gasteiger partial charge in [-0.1, -0.05) is 35.9 Å². The molecule has 0 aliphatic heterocycles. The lowest BCUT2D eigenvalue weighted by atomic mass is 10.1. The zero-order valence-electron chi connectivity index (χ0n) is 14.3. The molecule has 0 radical (unpaired) electrons. The van der Waals surface area contributed by atoms with Crippen molar-refractivity contribution < 1.29 is 13.2 Å². The molecule has 2 aromatic carbocycles. The van der Waals surface area contributed by atoms with Crippen molar-refractivity contribution in [2.45, 2.75) is 19.6 Å². The van der Waals surface area contributed by atoms with Gasteiger partial charge in [0, 0.05) is 23.3 Å². The molecule has 0 bridgehead atoms. The lowest BCUT2D eigenvalue weighted by Crippen LogP contribution is -2.10. The van der Waals surface area contributed by atoms with Gasteiger partial charge in [0.05, 0.1) is 11.3 Å². The van der Waals surface area contributed by atoms with Gasteiger partial charge < -0.3 is 10.6 Å². The lowest BCUT2D eigenvalue weighted by molar-refractivity contribution is -0.136. The third kappa shape index (κ3) is 5.10. The molecular weight excluding hydrogens is 377 g/mol. The molecule has 2 N–H and O–H groups in total. The number of benzene rings is 2. The molecule has 27 heavy (non-hydrogen) atoms. The van der Waals surface area contributed by atoms with Crippen molar-refractivity contribution in [2.75, 3.05) is 10.6 Å². The molecule has 0 fully saturated rings. The molecule has 0 atom stereocenters. The Kier molecular flexibility index (Phi) is 5.51. The fourth-order valence-electron chi connectivity index (χ4n) is 2.47. The highest BCUT2D eigenvalue weighted by atomic mass is 35.5. The Balaban J connectivity index is 1.79. The van der Waals surface area contributed by atoms with Crippen LogP contribution < -0.4 is 10.6 Å². The Hall–Kier alpha value is -2.80. The standard InChI is InChI=1S/C19H16ClF3N4/c1-12-10-17(26-16-5-3-2-4-15(16)19(21,22)23)27-18(25-12)24-11-13-6-8-14(20)9-7-13/h2-10H,11H2,1H3,(H2,24,25,26,27). The molecule has 1 aromatic heterocycles. The molecule has 0 aliphatic carbocycles. The zero-order chi connectivity index (χ0) is 19.4. The maximum Gasteiger partial charge on any atom is 0.418 e. The first-order valence-electron chi connectivity index (χ1n) is 8.08. The molecule has 4 nitrogen and oxygen atoms in total. The van der Waals surface area contributed by atoms with Crippen LogP contribution in [0.2, 0.25) is 5.02 Å². The largest absolute Gasteiger partial charge is 0.418 e. The predicted molar refractivity (Wildman–Crippen MR) is 100 cm³/mol. The van der Waals surface area contributed by atoms with Gasteiger partial charge >= 0.3 is 6.18 Å². The number of aromatic nitrogens is 2. The van der Waals surface area contributed by atoms with Crippen molar-refractivity contribution in [1.82, 2.24) is 9.97 Å². The minimum atomic E-state index is -4.46. The third-order valence-corrected chi connectivity index (χ3v) is 3.97. The van der Waals surface area contributed by atoms with Crippen LogP contribution in [0, 0.1) is 6.92 Å². The van der Waals surface area contributed by atoms with Crippen molar-refractivity contribution in [3.05, 3.63) is 76.4 Å². The van der Waals surface area contributed by atoms with E-state index in [1.54, 1.807) is 25.1 Å². The van der Waals surface area contributed by atoms with Crippen LogP contribution in [0.1, 0.15) is 16.8 Å². The van der Waals surface area contributed by atoms with E-state index in [2.05, 4.69) is 20.6 Å². The summed E-state index contributed by atoms with van der Waals surface area (Å²) in [5.74, 6) is 0.592. The number of hydrogen-bond acceptors (Lipinski definition) is 4. The van der Waals surface area contributed by atoms with Crippen LogP contribution in [0.4, 0.5) is 30.6 Å². The molecule has 3 rings (SSSR count). The summed E-state index contributed by atoms with van der Waals surface area (Å²) in [6.45, 7) is 2.20. The van der Waals surface area contributed by atoms with Crippen molar-refractivity contribution in [1.29, 1.82) is 0 Å². The second-order valence-electron chi connectivity index (χ2n) is 5.87. The first kappa shape index (κ1) is 19.0. The summed E-state index contributed by atoms with van der Waals surface area (Å²) in [6, 6.07) is 14.1. The van der Waals surface area contributed by atoms with Crippen molar-refractivity contribution in [3.63, 3.8) is 0 Å². The van der Waals surface area contributed by atoms with E-state index in [4.69, 9.17) is 11.6 Å². The van der Waals surface area contributed by atoms with E-state index in [9.17, 15) is 13.2 Å². The maximum absolute atomic E-state index is 13.2. The van der Waals surface area contributed by atoms with Crippen LogP contribution in [0.3, 0.4) is 0 Å². The molecular formula is C19H16ClF3N4. The van der Waals surface area contributed by atoms with E-state index in [0.717, 1.165) is 11.6 Å². The second kappa shape index (κ2) is 7.84. The molecule has 0 saturated carbocycles. The fourth-order valence-corrected chi connectivity index (χ4v) is 2.60. The number of hydrogen-bond donors (Lipinski definition) is 2. The van der Waals surface area contributed by atoms with Gasteiger partial charge in [0.1, 0.15) is 5.82 Å². The van der Waals surface area contributed by atoms with Crippen molar-refractivity contribution >= 4 is 29.1 Å². The molecule has 0 amide bonds. The maximum atomic E-state index is 13.2.